The predicted molar refractivity (Wildman–Crippen MR) is 116 cm³/mol. The van der Waals surface area contributed by atoms with E-state index < -0.39 is 0 Å². The zero-order valence-electron chi connectivity index (χ0n) is 16.3. The molecule has 2 amide bonds. The van der Waals surface area contributed by atoms with Crippen molar-refractivity contribution in [2.24, 2.45) is 0 Å². The number of anilines is 1. The van der Waals surface area contributed by atoms with Crippen LogP contribution in [0.3, 0.4) is 0 Å². The van der Waals surface area contributed by atoms with E-state index >= 15 is 0 Å². The van der Waals surface area contributed by atoms with Crippen LogP contribution in [0.2, 0.25) is 0 Å². The van der Waals surface area contributed by atoms with Crippen molar-refractivity contribution >= 4 is 45.6 Å². The first kappa shape index (κ1) is 20.0. The highest BCUT2D eigenvalue weighted by atomic mass is 32.1. The Morgan fingerprint density at radius 1 is 1.07 bits per heavy atom. The van der Waals surface area contributed by atoms with E-state index in [4.69, 9.17) is 12.2 Å². The number of imide groups is 1. The number of hydrogen-bond acceptors (Lipinski definition) is 5. The summed E-state index contributed by atoms with van der Waals surface area (Å²) in [6.07, 6.45) is 0. The van der Waals surface area contributed by atoms with Gasteiger partial charge in [-0.3, -0.25) is 14.5 Å². The second-order valence-electron chi connectivity index (χ2n) is 6.89. The van der Waals surface area contributed by atoms with Crippen LogP contribution in [0.1, 0.15) is 20.7 Å². The average Bonchev–Trinajstić information content (AvgIpc) is 2.69. The minimum Gasteiger partial charge on any atom is -0.383 e. The smallest absolute Gasteiger partial charge is 0.261 e. The lowest BCUT2D eigenvalue weighted by Gasteiger charge is -2.28. The normalized spacial score (nSPS) is 13.2. The van der Waals surface area contributed by atoms with E-state index in [0.29, 0.717) is 42.4 Å². The number of carbonyl (C=O) groups excluding carboxylic acids is 2. The van der Waals surface area contributed by atoms with Gasteiger partial charge in [-0.1, -0.05) is 12.1 Å². The van der Waals surface area contributed by atoms with Crippen molar-refractivity contribution in [1.29, 1.82) is 0 Å². The summed E-state index contributed by atoms with van der Waals surface area (Å²) in [7, 11) is 5.61. The van der Waals surface area contributed by atoms with E-state index in [0.717, 1.165) is 16.5 Å². The minimum atomic E-state index is -0.233. The van der Waals surface area contributed by atoms with Crippen molar-refractivity contribution in [2.75, 3.05) is 52.6 Å². The first-order chi connectivity index (χ1) is 13.4. The largest absolute Gasteiger partial charge is 0.383 e. The number of amides is 2. The fourth-order valence-corrected chi connectivity index (χ4v) is 3.37. The Hall–Kier alpha value is -2.71. The van der Waals surface area contributed by atoms with Crippen LogP contribution in [-0.4, -0.2) is 74.0 Å². The molecule has 3 N–H and O–H groups in total. The van der Waals surface area contributed by atoms with Gasteiger partial charge in [-0.2, -0.15) is 0 Å². The number of benzene rings is 2. The van der Waals surface area contributed by atoms with Gasteiger partial charge < -0.3 is 20.9 Å². The molecule has 28 heavy (non-hydrogen) atoms. The average molecular weight is 400 g/mol. The number of thiocarbonyl (C=S) groups is 1. The molecule has 0 fully saturated rings. The third-order valence-corrected chi connectivity index (χ3v) is 5.06. The molecule has 0 aromatic heterocycles. The van der Waals surface area contributed by atoms with E-state index in [9.17, 15) is 9.59 Å². The lowest BCUT2D eigenvalue weighted by Crippen LogP contribution is -2.43. The van der Waals surface area contributed by atoms with Crippen LogP contribution in [0.5, 0.6) is 0 Å². The number of nitrogens with zero attached hydrogens (tertiary/aromatic N) is 2. The molecule has 8 heteroatoms. The molecule has 0 bridgehead atoms. The monoisotopic (exact) mass is 399 g/mol. The molecule has 0 atom stereocenters. The van der Waals surface area contributed by atoms with Crippen LogP contribution in [0.15, 0.2) is 30.3 Å². The summed E-state index contributed by atoms with van der Waals surface area (Å²) in [6, 6.07) is 9.29. The van der Waals surface area contributed by atoms with E-state index in [1.807, 2.05) is 37.2 Å². The molecule has 0 saturated heterocycles. The van der Waals surface area contributed by atoms with E-state index in [1.54, 1.807) is 19.2 Å². The maximum absolute atomic E-state index is 12.9. The SMILES string of the molecule is CNC(=S)NCCNc1ccc2c3c(cccc13)C(=O)N(CCN(C)C)C2=O. The Bertz CT molecular complexity index is 906. The van der Waals surface area contributed by atoms with Gasteiger partial charge >= 0.3 is 0 Å². The highest BCUT2D eigenvalue weighted by molar-refractivity contribution is 7.80. The van der Waals surface area contributed by atoms with Gasteiger partial charge in [-0.15, -0.1) is 0 Å². The molecule has 148 valence electrons. The van der Waals surface area contributed by atoms with Gasteiger partial charge in [0.15, 0.2) is 5.11 Å². The van der Waals surface area contributed by atoms with Gasteiger partial charge in [-0.25, -0.2) is 0 Å². The third kappa shape index (κ3) is 3.93. The molecule has 3 rings (SSSR count). The Balaban J connectivity index is 1.88. The van der Waals surface area contributed by atoms with Crippen LogP contribution in [0, 0.1) is 0 Å². The molecule has 0 saturated carbocycles. The van der Waals surface area contributed by atoms with Crippen molar-refractivity contribution in [3.63, 3.8) is 0 Å². The summed E-state index contributed by atoms with van der Waals surface area (Å²) in [5, 5.41) is 11.5. The molecule has 0 radical (unpaired) electrons. The van der Waals surface area contributed by atoms with Gasteiger partial charge in [0, 0.05) is 60.8 Å². The number of hydrogen-bond donors (Lipinski definition) is 3. The zero-order chi connectivity index (χ0) is 20.3. The predicted octanol–water partition coefficient (Wildman–Crippen LogP) is 1.50. The molecular weight excluding hydrogens is 374 g/mol. The van der Waals surface area contributed by atoms with Crippen molar-refractivity contribution in [2.45, 2.75) is 0 Å². The van der Waals surface area contributed by atoms with Gasteiger partial charge in [0.25, 0.3) is 11.8 Å². The lowest BCUT2D eigenvalue weighted by molar-refractivity contribution is 0.0601. The van der Waals surface area contributed by atoms with Crippen LogP contribution >= 0.6 is 12.2 Å². The number of carbonyl (C=O) groups is 2. The first-order valence-corrected chi connectivity index (χ1v) is 9.61. The van der Waals surface area contributed by atoms with Crippen molar-refractivity contribution < 1.29 is 9.59 Å². The van der Waals surface area contributed by atoms with Gasteiger partial charge in [0.2, 0.25) is 0 Å². The van der Waals surface area contributed by atoms with E-state index in [1.165, 1.54) is 4.90 Å². The van der Waals surface area contributed by atoms with Crippen LogP contribution in [-0.2, 0) is 0 Å². The second-order valence-corrected chi connectivity index (χ2v) is 7.29. The fraction of sp³-hybridized carbons (Fsp3) is 0.350. The number of likely N-dealkylation sites (N-methyl/N-ethyl adjacent to an activating group) is 1. The summed E-state index contributed by atoms with van der Waals surface area (Å²) < 4.78 is 0. The summed E-state index contributed by atoms with van der Waals surface area (Å²) in [5.74, 6) is -0.466. The molecule has 2 aromatic carbocycles. The molecular formula is C20H25N5O2S. The molecule has 0 spiro atoms. The van der Waals surface area contributed by atoms with Gasteiger partial charge in [0.05, 0.1) is 0 Å². The van der Waals surface area contributed by atoms with Crippen LogP contribution in [0.4, 0.5) is 5.69 Å². The minimum absolute atomic E-state index is 0.233. The summed E-state index contributed by atoms with van der Waals surface area (Å²) >= 11 is 5.06. The molecule has 1 heterocycles. The second kappa shape index (κ2) is 8.53. The lowest BCUT2D eigenvalue weighted by atomic mass is 9.93. The Kier molecular flexibility index (Phi) is 6.11. The first-order valence-electron chi connectivity index (χ1n) is 9.20. The Morgan fingerprint density at radius 2 is 1.79 bits per heavy atom. The standard InChI is InChI=1S/C20H25N5O2S/c1-21-20(28)23-10-9-22-16-8-7-15-17-13(16)5-4-6-14(17)18(26)25(19(15)27)12-11-24(2)3/h4-8,22H,9-12H2,1-3H3,(H2,21,23,28). The highest BCUT2D eigenvalue weighted by Crippen LogP contribution is 2.34. The molecule has 0 unspecified atom stereocenters. The van der Waals surface area contributed by atoms with Crippen LogP contribution < -0.4 is 16.0 Å². The summed E-state index contributed by atoms with van der Waals surface area (Å²) in [5.41, 5.74) is 2.04. The maximum Gasteiger partial charge on any atom is 0.261 e. The van der Waals surface area contributed by atoms with Crippen molar-refractivity contribution in [1.82, 2.24) is 20.4 Å². The topological polar surface area (TPSA) is 76.7 Å². The molecule has 7 nitrogen and oxygen atoms in total. The molecule has 1 aliphatic heterocycles. The number of rotatable bonds is 7. The van der Waals surface area contributed by atoms with Gasteiger partial charge in [0.1, 0.15) is 0 Å². The zero-order valence-corrected chi connectivity index (χ0v) is 17.2. The van der Waals surface area contributed by atoms with Crippen LogP contribution in [0.25, 0.3) is 10.8 Å². The van der Waals surface area contributed by atoms with E-state index in [2.05, 4.69) is 16.0 Å². The summed E-state index contributed by atoms with van der Waals surface area (Å²) in [4.78, 5) is 29.2. The van der Waals surface area contributed by atoms with E-state index in [-0.39, 0.29) is 11.8 Å². The highest BCUT2D eigenvalue weighted by Gasteiger charge is 2.32. The summed E-state index contributed by atoms with van der Waals surface area (Å²) in [6.45, 7) is 2.30. The molecule has 0 aliphatic carbocycles. The van der Waals surface area contributed by atoms with Crippen molar-refractivity contribution in [3.8, 4) is 0 Å². The van der Waals surface area contributed by atoms with Gasteiger partial charge in [-0.05, 0) is 44.5 Å². The Labute approximate surface area is 170 Å². The molecule has 1 aliphatic rings. The quantitative estimate of drug-likeness (QED) is 0.370. The van der Waals surface area contributed by atoms with Crippen molar-refractivity contribution in [3.05, 3.63) is 41.5 Å². The maximum atomic E-state index is 12.9. The third-order valence-electron chi connectivity index (χ3n) is 4.72. The Morgan fingerprint density at radius 3 is 2.46 bits per heavy atom. The number of nitrogens with one attached hydrogen (secondary N) is 3. The molecule has 2 aromatic rings. The fourth-order valence-electron chi connectivity index (χ4n) is 3.27.